The van der Waals surface area contributed by atoms with Crippen LogP contribution in [0.3, 0.4) is 0 Å². The number of nitrogens with one attached hydrogen (secondary N) is 1. The lowest BCUT2D eigenvalue weighted by molar-refractivity contribution is 0.0920. The van der Waals surface area contributed by atoms with Gasteiger partial charge in [-0.2, -0.15) is 0 Å². The number of rotatable bonds is 3. The van der Waals surface area contributed by atoms with Crippen LogP contribution in [0.1, 0.15) is 49.4 Å². The molecule has 1 fully saturated rings. The smallest absolute Gasteiger partial charge is 0.255 e. The Hall–Kier alpha value is -1.58. The van der Waals surface area contributed by atoms with Gasteiger partial charge in [0, 0.05) is 24.1 Å². The third kappa shape index (κ3) is 3.00. The minimum atomic E-state index is -0.112. The highest BCUT2D eigenvalue weighted by molar-refractivity contribution is 5.98. The lowest BCUT2D eigenvalue weighted by atomic mass is 9.84. The summed E-state index contributed by atoms with van der Waals surface area (Å²) in [4.78, 5) is 16.0. The van der Waals surface area contributed by atoms with Crippen molar-refractivity contribution >= 4 is 11.6 Å². The molecule has 3 N–H and O–H groups in total. The normalized spacial score (nSPS) is 18.3. The second-order valence-electron chi connectivity index (χ2n) is 5.12. The van der Waals surface area contributed by atoms with Gasteiger partial charge in [-0.15, -0.1) is 0 Å². The fourth-order valence-electron chi connectivity index (χ4n) is 2.63. The number of carbonyl (C=O) groups is 1. The van der Waals surface area contributed by atoms with Gasteiger partial charge in [0.1, 0.15) is 0 Å². The van der Waals surface area contributed by atoms with Gasteiger partial charge in [0.25, 0.3) is 5.91 Å². The molecule has 4 heteroatoms. The van der Waals surface area contributed by atoms with Crippen molar-refractivity contribution in [3.8, 4) is 0 Å². The summed E-state index contributed by atoms with van der Waals surface area (Å²) in [5, 5.41) is 3.05. The number of aromatic nitrogens is 1. The van der Waals surface area contributed by atoms with Crippen LogP contribution in [-0.2, 0) is 0 Å². The average molecular weight is 247 g/mol. The van der Waals surface area contributed by atoms with E-state index in [1.807, 2.05) is 0 Å². The molecule has 1 aromatic heterocycles. The monoisotopic (exact) mass is 247 g/mol. The predicted molar refractivity (Wildman–Crippen MR) is 72.2 cm³/mol. The molecule has 1 amide bonds. The molecule has 0 aromatic carbocycles. The third-order valence-electron chi connectivity index (χ3n) is 3.82. The Labute approximate surface area is 108 Å². The number of hydrogen-bond acceptors (Lipinski definition) is 3. The Morgan fingerprint density at radius 2 is 2.17 bits per heavy atom. The van der Waals surface area contributed by atoms with Gasteiger partial charge in [0.2, 0.25) is 0 Å². The Balaban J connectivity index is 1.96. The Morgan fingerprint density at radius 3 is 2.83 bits per heavy atom. The lowest BCUT2D eigenvalue weighted by Crippen LogP contribution is -2.39. The Bertz CT molecular complexity index is 413. The number of hydrogen-bond donors (Lipinski definition) is 2. The number of pyridine rings is 1. The molecule has 0 saturated heterocycles. The maximum absolute atomic E-state index is 12.1. The highest BCUT2D eigenvalue weighted by Crippen LogP contribution is 2.26. The van der Waals surface area contributed by atoms with Gasteiger partial charge in [-0.1, -0.05) is 19.3 Å². The van der Waals surface area contributed by atoms with E-state index in [0.29, 0.717) is 17.2 Å². The fraction of sp³-hybridized carbons (Fsp3) is 0.571. The van der Waals surface area contributed by atoms with Crippen LogP contribution in [0.4, 0.5) is 5.69 Å². The summed E-state index contributed by atoms with van der Waals surface area (Å²) in [5.41, 5.74) is 6.73. The topological polar surface area (TPSA) is 68.0 Å². The number of nitrogens with zero attached hydrogens (tertiary/aromatic N) is 1. The second kappa shape index (κ2) is 5.85. The standard InChI is InChI=1S/C14H21N3O/c1-10(11-5-3-2-4-6-11)17-14(18)12-9-16-8-7-13(12)15/h7-11H,2-6H2,1H3,(H2,15,16)(H,17,18). The molecule has 1 saturated carbocycles. The van der Waals surface area contributed by atoms with E-state index in [2.05, 4.69) is 17.2 Å². The van der Waals surface area contributed by atoms with Crippen molar-refractivity contribution in [3.63, 3.8) is 0 Å². The average Bonchev–Trinajstić information content (AvgIpc) is 2.40. The highest BCUT2D eigenvalue weighted by atomic mass is 16.1. The summed E-state index contributed by atoms with van der Waals surface area (Å²) >= 11 is 0. The summed E-state index contributed by atoms with van der Waals surface area (Å²) in [7, 11) is 0. The van der Waals surface area contributed by atoms with E-state index in [-0.39, 0.29) is 11.9 Å². The quantitative estimate of drug-likeness (QED) is 0.861. The van der Waals surface area contributed by atoms with Gasteiger partial charge in [0.05, 0.1) is 5.56 Å². The first-order valence-electron chi connectivity index (χ1n) is 6.69. The van der Waals surface area contributed by atoms with Crippen molar-refractivity contribution in [3.05, 3.63) is 24.0 Å². The van der Waals surface area contributed by atoms with E-state index >= 15 is 0 Å². The molecule has 0 bridgehead atoms. The molecule has 0 aliphatic heterocycles. The van der Waals surface area contributed by atoms with Crippen molar-refractivity contribution in [2.45, 2.75) is 45.1 Å². The molecule has 18 heavy (non-hydrogen) atoms. The van der Waals surface area contributed by atoms with Crippen LogP contribution in [0.5, 0.6) is 0 Å². The second-order valence-corrected chi connectivity index (χ2v) is 5.12. The van der Waals surface area contributed by atoms with Crippen LogP contribution in [0.25, 0.3) is 0 Å². The molecule has 1 unspecified atom stereocenters. The minimum Gasteiger partial charge on any atom is -0.398 e. The van der Waals surface area contributed by atoms with E-state index in [4.69, 9.17) is 5.73 Å². The maximum Gasteiger partial charge on any atom is 0.255 e. The van der Waals surface area contributed by atoms with Crippen molar-refractivity contribution in [2.24, 2.45) is 5.92 Å². The SMILES string of the molecule is CC(NC(=O)c1cnccc1N)C1CCCCC1. The first-order valence-corrected chi connectivity index (χ1v) is 6.69. The maximum atomic E-state index is 12.1. The number of nitrogen functional groups attached to an aromatic ring is 1. The molecule has 2 rings (SSSR count). The first kappa shape index (κ1) is 12.9. The van der Waals surface area contributed by atoms with Crippen LogP contribution in [0.15, 0.2) is 18.5 Å². The molecule has 4 nitrogen and oxygen atoms in total. The zero-order valence-electron chi connectivity index (χ0n) is 10.9. The predicted octanol–water partition coefficient (Wildman–Crippen LogP) is 2.36. The lowest BCUT2D eigenvalue weighted by Gasteiger charge is -2.28. The van der Waals surface area contributed by atoms with E-state index in [1.54, 1.807) is 12.3 Å². The molecular weight excluding hydrogens is 226 g/mol. The van der Waals surface area contributed by atoms with Gasteiger partial charge in [-0.05, 0) is 31.7 Å². The third-order valence-corrected chi connectivity index (χ3v) is 3.82. The molecular formula is C14H21N3O. The summed E-state index contributed by atoms with van der Waals surface area (Å²) in [5.74, 6) is 0.485. The van der Waals surface area contributed by atoms with Crippen molar-refractivity contribution < 1.29 is 4.79 Å². The fourth-order valence-corrected chi connectivity index (χ4v) is 2.63. The molecule has 98 valence electrons. The molecule has 1 aromatic rings. The number of anilines is 1. The molecule has 1 heterocycles. The zero-order chi connectivity index (χ0) is 13.0. The molecule has 1 atom stereocenters. The van der Waals surface area contributed by atoms with Gasteiger partial charge in [0.15, 0.2) is 0 Å². The van der Waals surface area contributed by atoms with Crippen molar-refractivity contribution in [1.82, 2.24) is 10.3 Å². The molecule has 0 spiro atoms. The highest BCUT2D eigenvalue weighted by Gasteiger charge is 2.22. The van der Waals surface area contributed by atoms with Gasteiger partial charge < -0.3 is 11.1 Å². The van der Waals surface area contributed by atoms with Crippen LogP contribution < -0.4 is 11.1 Å². The summed E-state index contributed by atoms with van der Waals surface area (Å²) < 4.78 is 0. The number of amides is 1. The summed E-state index contributed by atoms with van der Waals surface area (Å²) in [6.07, 6.45) is 9.43. The molecule has 0 radical (unpaired) electrons. The van der Waals surface area contributed by atoms with Crippen LogP contribution in [0, 0.1) is 5.92 Å². The zero-order valence-corrected chi connectivity index (χ0v) is 10.9. The van der Waals surface area contributed by atoms with E-state index in [1.165, 1.54) is 38.3 Å². The largest absolute Gasteiger partial charge is 0.398 e. The molecule has 1 aliphatic carbocycles. The van der Waals surface area contributed by atoms with E-state index < -0.39 is 0 Å². The van der Waals surface area contributed by atoms with Crippen molar-refractivity contribution in [1.29, 1.82) is 0 Å². The van der Waals surface area contributed by atoms with E-state index in [0.717, 1.165) is 0 Å². The Kier molecular flexibility index (Phi) is 4.18. The number of carbonyl (C=O) groups excluding carboxylic acids is 1. The Morgan fingerprint density at radius 1 is 1.44 bits per heavy atom. The summed E-state index contributed by atoms with van der Waals surface area (Å²) in [6.45, 7) is 2.08. The van der Waals surface area contributed by atoms with Crippen molar-refractivity contribution in [2.75, 3.05) is 5.73 Å². The first-order chi connectivity index (χ1) is 8.68. The number of nitrogens with two attached hydrogens (primary N) is 1. The van der Waals surface area contributed by atoms with Gasteiger partial charge in [-0.3, -0.25) is 9.78 Å². The van der Waals surface area contributed by atoms with Gasteiger partial charge in [-0.25, -0.2) is 0 Å². The minimum absolute atomic E-state index is 0.112. The van der Waals surface area contributed by atoms with Gasteiger partial charge >= 0.3 is 0 Å². The van der Waals surface area contributed by atoms with Crippen LogP contribution in [0.2, 0.25) is 0 Å². The summed E-state index contributed by atoms with van der Waals surface area (Å²) in [6, 6.07) is 1.86. The van der Waals surface area contributed by atoms with Crippen LogP contribution >= 0.6 is 0 Å². The van der Waals surface area contributed by atoms with Crippen LogP contribution in [-0.4, -0.2) is 16.9 Å². The molecule has 1 aliphatic rings. The van der Waals surface area contributed by atoms with E-state index in [9.17, 15) is 4.79 Å².